The molecular formula is C23H30N4O3. The van der Waals surface area contributed by atoms with Gasteiger partial charge in [0.15, 0.2) is 0 Å². The van der Waals surface area contributed by atoms with Gasteiger partial charge in [-0.05, 0) is 31.2 Å². The maximum Gasteiger partial charge on any atom is 0.203 e. The molecule has 1 aromatic heterocycles. The number of hydrogen-bond acceptors (Lipinski definition) is 5. The third kappa shape index (κ3) is 4.75. The number of rotatable bonds is 8. The lowest BCUT2D eigenvalue weighted by Crippen LogP contribution is -2.39. The first-order valence-corrected chi connectivity index (χ1v) is 10.5. The number of imidazole rings is 1. The van der Waals surface area contributed by atoms with Crippen LogP contribution in [0, 0.1) is 12.3 Å². The number of para-hydroxylation sites is 2. The van der Waals surface area contributed by atoms with Crippen LogP contribution in [0.3, 0.4) is 0 Å². The van der Waals surface area contributed by atoms with E-state index in [0.29, 0.717) is 12.2 Å². The lowest BCUT2D eigenvalue weighted by atomic mass is 10.2. The minimum atomic E-state index is -0.709. The van der Waals surface area contributed by atoms with E-state index in [2.05, 4.69) is 4.90 Å². The van der Waals surface area contributed by atoms with Crippen molar-refractivity contribution in [3.05, 3.63) is 59.7 Å². The molecule has 2 heterocycles. The van der Waals surface area contributed by atoms with Crippen molar-refractivity contribution >= 4 is 11.0 Å². The first kappa shape index (κ1) is 20.7. The van der Waals surface area contributed by atoms with E-state index in [9.17, 15) is 5.11 Å². The Morgan fingerprint density at radius 1 is 1.00 bits per heavy atom. The Morgan fingerprint density at radius 3 is 2.37 bits per heavy atom. The summed E-state index contributed by atoms with van der Waals surface area (Å²) in [4.78, 5) is 2.37. The number of morpholine rings is 1. The second kappa shape index (κ2) is 9.47. The van der Waals surface area contributed by atoms with Gasteiger partial charge in [-0.3, -0.25) is 10.3 Å². The summed E-state index contributed by atoms with van der Waals surface area (Å²) in [6.45, 7) is 7.55. The minimum Gasteiger partial charge on any atom is -0.491 e. The highest BCUT2D eigenvalue weighted by Gasteiger charge is 2.16. The molecule has 2 N–H and O–H groups in total. The molecule has 7 heteroatoms. The van der Waals surface area contributed by atoms with Gasteiger partial charge < -0.3 is 23.7 Å². The van der Waals surface area contributed by atoms with E-state index in [1.807, 2.05) is 64.6 Å². The second-order valence-electron chi connectivity index (χ2n) is 7.81. The fourth-order valence-electron chi connectivity index (χ4n) is 3.86. The monoisotopic (exact) mass is 410 g/mol. The van der Waals surface area contributed by atoms with E-state index < -0.39 is 6.10 Å². The average Bonchev–Trinajstić information content (AvgIpc) is 3.03. The SMILES string of the molecule is Cc1ccc(OC[C@H](O)Cn2c(=N)n(CCN3CCOCC3)c3ccccc32)cc1. The number of benzene rings is 2. The molecule has 3 aromatic rings. The van der Waals surface area contributed by atoms with Crippen molar-refractivity contribution in [2.24, 2.45) is 0 Å². The number of nitrogens with zero attached hydrogens (tertiary/aromatic N) is 3. The first-order chi connectivity index (χ1) is 14.6. The summed E-state index contributed by atoms with van der Waals surface area (Å²) >= 11 is 0. The number of ether oxygens (including phenoxy) is 2. The molecule has 1 atom stereocenters. The molecule has 0 radical (unpaired) electrons. The van der Waals surface area contributed by atoms with Crippen LogP contribution in [-0.4, -0.2) is 64.7 Å². The smallest absolute Gasteiger partial charge is 0.203 e. The van der Waals surface area contributed by atoms with Gasteiger partial charge in [-0.2, -0.15) is 0 Å². The standard InChI is InChI=1S/C23H30N4O3/c1-18-6-8-20(9-7-18)30-17-19(28)16-27-22-5-3-2-4-21(22)26(23(27)24)11-10-25-12-14-29-15-13-25/h2-9,19,24,28H,10-17H2,1H3/t19-/m1/s1. The lowest BCUT2D eigenvalue weighted by molar-refractivity contribution is 0.0363. The molecular weight excluding hydrogens is 380 g/mol. The van der Waals surface area contributed by atoms with Crippen LogP contribution in [0.25, 0.3) is 11.0 Å². The zero-order chi connectivity index (χ0) is 20.9. The predicted molar refractivity (Wildman–Crippen MR) is 116 cm³/mol. The van der Waals surface area contributed by atoms with Crippen LogP contribution in [0.2, 0.25) is 0 Å². The van der Waals surface area contributed by atoms with E-state index in [-0.39, 0.29) is 6.61 Å². The van der Waals surface area contributed by atoms with E-state index >= 15 is 0 Å². The average molecular weight is 411 g/mol. The topological polar surface area (TPSA) is 75.6 Å². The summed E-state index contributed by atoms with van der Waals surface area (Å²) in [6, 6.07) is 15.8. The van der Waals surface area contributed by atoms with Crippen molar-refractivity contribution in [1.82, 2.24) is 14.0 Å². The van der Waals surface area contributed by atoms with E-state index in [1.165, 1.54) is 5.56 Å². The zero-order valence-corrected chi connectivity index (χ0v) is 17.5. The highest BCUT2D eigenvalue weighted by molar-refractivity contribution is 5.75. The summed E-state index contributed by atoms with van der Waals surface area (Å²) in [5.74, 6) is 0.740. The largest absolute Gasteiger partial charge is 0.491 e. The van der Waals surface area contributed by atoms with Crippen molar-refractivity contribution in [3.8, 4) is 5.75 Å². The number of aliphatic hydroxyl groups excluding tert-OH is 1. The maximum absolute atomic E-state index is 10.6. The molecule has 1 aliphatic rings. The molecule has 0 unspecified atom stereocenters. The molecule has 30 heavy (non-hydrogen) atoms. The zero-order valence-electron chi connectivity index (χ0n) is 17.5. The molecule has 2 aromatic carbocycles. The molecule has 1 saturated heterocycles. The summed E-state index contributed by atoms with van der Waals surface area (Å²) in [7, 11) is 0. The van der Waals surface area contributed by atoms with Gasteiger partial charge in [-0.25, -0.2) is 0 Å². The third-order valence-electron chi connectivity index (χ3n) is 5.57. The van der Waals surface area contributed by atoms with Crippen LogP contribution in [0.15, 0.2) is 48.5 Å². The van der Waals surface area contributed by atoms with Crippen molar-refractivity contribution in [2.45, 2.75) is 26.1 Å². The molecule has 7 nitrogen and oxygen atoms in total. The molecule has 1 fully saturated rings. The Kier molecular flexibility index (Phi) is 6.52. The van der Waals surface area contributed by atoms with Crippen LogP contribution in [-0.2, 0) is 17.8 Å². The maximum atomic E-state index is 10.6. The van der Waals surface area contributed by atoms with Crippen molar-refractivity contribution in [2.75, 3.05) is 39.5 Å². The van der Waals surface area contributed by atoms with E-state index in [4.69, 9.17) is 14.9 Å². The Morgan fingerprint density at radius 2 is 1.67 bits per heavy atom. The molecule has 1 aliphatic heterocycles. The fourth-order valence-corrected chi connectivity index (χ4v) is 3.86. The van der Waals surface area contributed by atoms with Crippen LogP contribution >= 0.6 is 0 Å². The Bertz CT molecular complexity index is 1020. The molecule has 0 aliphatic carbocycles. The highest BCUT2D eigenvalue weighted by Crippen LogP contribution is 2.15. The van der Waals surface area contributed by atoms with E-state index in [0.717, 1.165) is 56.2 Å². The summed E-state index contributed by atoms with van der Waals surface area (Å²) in [5.41, 5.74) is 3.54. The molecule has 0 bridgehead atoms. The van der Waals surface area contributed by atoms with Gasteiger partial charge in [0, 0.05) is 26.2 Å². The predicted octanol–water partition coefficient (Wildman–Crippen LogP) is 2.00. The molecule has 0 saturated carbocycles. The number of fused-ring (bicyclic) bond motifs is 1. The first-order valence-electron chi connectivity index (χ1n) is 10.5. The molecule has 4 rings (SSSR count). The highest BCUT2D eigenvalue weighted by atomic mass is 16.5. The number of nitrogens with one attached hydrogen (secondary N) is 1. The van der Waals surface area contributed by atoms with Gasteiger partial charge >= 0.3 is 0 Å². The van der Waals surface area contributed by atoms with Gasteiger partial charge in [-0.15, -0.1) is 0 Å². The Balaban J connectivity index is 1.47. The van der Waals surface area contributed by atoms with Crippen LogP contribution in [0.5, 0.6) is 5.75 Å². The quantitative estimate of drug-likeness (QED) is 0.596. The molecule has 160 valence electrons. The van der Waals surface area contributed by atoms with Gasteiger partial charge in [0.25, 0.3) is 0 Å². The third-order valence-corrected chi connectivity index (χ3v) is 5.57. The van der Waals surface area contributed by atoms with Crippen LogP contribution in [0.1, 0.15) is 5.56 Å². The van der Waals surface area contributed by atoms with Crippen molar-refractivity contribution in [1.29, 1.82) is 5.41 Å². The Labute approximate surface area is 176 Å². The molecule has 0 amide bonds. The normalized spacial score (nSPS) is 16.1. The molecule has 0 spiro atoms. The fraction of sp³-hybridized carbons (Fsp3) is 0.435. The summed E-state index contributed by atoms with van der Waals surface area (Å²) in [5, 5.41) is 19.3. The Hall–Kier alpha value is -2.61. The summed E-state index contributed by atoms with van der Waals surface area (Å²) in [6.07, 6.45) is -0.709. The van der Waals surface area contributed by atoms with Crippen LogP contribution in [0.4, 0.5) is 0 Å². The summed E-state index contributed by atoms with van der Waals surface area (Å²) < 4.78 is 15.1. The number of hydrogen-bond donors (Lipinski definition) is 2. The number of aryl methyl sites for hydroxylation is 1. The number of aliphatic hydroxyl groups is 1. The van der Waals surface area contributed by atoms with Gasteiger partial charge in [-0.1, -0.05) is 29.8 Å². The van der Waals surface area contributed by atoms with Gasteiger partial charge in [0.2, 0.25) is 5.62 Å². The minimum absolute atomic E-state index is 0.183. The van der Waals surface area contributed by atoms with Crippen molar-refractivity contribution < 1.29 is 14.6 Å². The van der Waals surface area contributed by atoms with Crippen LogP contribution < -0.4 is 10.4 Å². The van der Waals surface area contributed by atoms with Gasteiger partial charge in [0.05, 0.1) is 30.8 Å². The van der Waals surface area contributed by atoms with Gasteiger partial charge in [0.1, 0.15) is 18.5 Å². The van der Waals surface area contributed by atoms with Crippen molar-refractivity contribution in [3.63, 3.8) is 0 Å². The lowest BCUT2D eigenvalue weighted by Gasteiger charge is -2.26. The second-order valence-corrected chi connectivity index (χ2v) is 7.81. The number of aromatic nitrogens is 2. The van der Waals surface area contributed by atoms with E-state index in [1.54, 1.807) is 0 Å².